The van der Waals surface area contributed by atoms with Crippen molar-refractivity contribution in [2.75, 3.05) is 6.54 Å². The second-order valence-corrected chi connectivity index (χ2v) is 5.72. The largest absolute Gasteiger partial charge is 0.294 e. The fraction of sp³-hybridized carbons (Fsp3) is 0.615. The zero-order chi connectivity index (χ0) is 14.1. The molecule has 1 aliphatic rings. The van der Waals surface area contributed by atoms with Gasteiger partial charge < -0.3 is 0 Å². The highest BCUT2D eigenvalue weighted by Crippen LogP contribution is 2.26. The number of likely N-dealkylation sites (tertiary alicyclic amines) is 1. The molecule has 20 heavy (non-hydrogen) atoms. The molecule has 2 aromatic rings. The van der Waals surface area contributed by atoms with Gasteiger partial charge in [0.25, 0.3) is 0 Å². The number of aryl methyl sites for hydroxylation is 2. The molecule has 7 heteroatoms. The van der Waals surface area contributed by atoms with Gasteiger partial charge >= 0.3 is 0 Å². The molecule has 1 fully saturated rings. The predicted octanol–water partition coefficient (Wildman–Crippen LogP) is 1.64. The normalized spacial score (nSPS) is 19.9. The molecule has 1 aliphatic heterocycles. The Balaban J connectivity index is 1.72. The average molecular weight is 295 g/mol. The molecule has 1 saturated heterocycles. The predicted molar refractivity (Wildman–Crippen MR) is 76.4 cm³/mol. The second-order valence-electron chi connectivity index (χ2n) is 5.36. The molecule has 0 unspecified atom stereocenters. The van der Waals surface area contributed by atoms with Crippen molar-refractivity contribution in [2.24, 2.45) is 7.05 Å². The quantitative estimate of drug-likeness (QED) is 0.860. The monoisotopic (exact) mass is 294 g/mol. The first-order valence-corrected chi connectivity index (χ1v) is 7.27. The molecular weight excluding hydrogens is 276 g/mol. The van der Waals surface area contributed by atoms with Crippen LogP contribution in [-0.4, -0.2) is 42.0 Å². The molecular formula is C13H19ClN6. The molecule has 0 radical (unpaired) electrons. The van der Waals surface area contributed by atoms with E-state index in [1.54, 1.807) is 17.3 Å². The maximum Gasteiger partial charge on any atom is 0.137 e. The van der Waals surface area contributed by atoms with E-state index in [-0.39, 0.29) is 0 Å². The van der Waals surface area contributed by atoms with Gasteiger partial charge in [0.05, 0.1) is 12.2 Å². The number of rotatable bonds is 4. The standard InChI is InChI=1S/C13H19ClN6/c1-10-12(13(14)18(2)17-10)7-19-5-3-4-11(19)6-20-9-15-8-16-20/h8-9,11H,3-7H2,1-2H3/t11-/m1/s1. The lowest BCUT2D eigenvalue weighted by Crippen LogP contribution is -2.32. The van der Waals surface area contributed by atoms with Crippen LogP contribution in [0, 0.1) is 6.92 Å². The van der Waals surface area contributed by atoms with Gasteiger partial charge in [0.15, 0.2) is 0 Å². The third-order valence-corrected chi connectivity index (χ3v) is 4.47. The van der Waals surface area contributed by atoms with Crippen molar-refractivity contribution < 1.29 is 0 Å². The van der Waals surface area contributed by atoms with E-state index in [2.05, 4.69) is 20.1 Å². The van der Waals surface area contributed by atoms with E-state index in [4.69, 9.17) is 11.6 Å². The smallest absolute Gasteiger partial charge is 0.137 e. The number of halogens is 1. The summed E-state index contributed by atoms with van der Waals surface area (Å²) in [4.78, 5) is 6.47. The Morgan fingerprint density at radius 1 is 1.45 bits per heavy atom. The summed E-state index contributed by atoms with van der Waals surface area (Å²) in [5.41, 5.74) is 2.16. The van der Waals surface area contributed by atoms with Gasteiger partial charge in [0.1, 0.15) is 17.8 Å². The third-order valence-electron chi connectivity index (χ3n) is 3.99. The minimum Gasteiger partial charge on any atom is -0.294 e. The number of hydrogen-bond donors (Lipinski definition) is 0. The highest BCUT2D eigenvalue weighted by molar-refractivity contribution is 6.30. The van der Waals surface area contributed by atoms with Gasteiger partial charge in [-0.25, -0.2) is 4.98 Å². The molecule has 3 rings (SSSR count). The van der Waals surface area contributed by atoms with Crippen molar-refractivity contribution in [2.45, 2.75) is 38.9 Å². The number of nitrogens with zero attached hydrogens (tertiary/aromatic N) is 6. The van der Waals surface area contributed by atoms with Crippen molar-refractivity contribution in [1.29, 1.82) is 0 Å². The molecule has 0 amide bonds. The van der Waals surface area contributed by atoms with E-state index in [9.17, 15) is 0 Å². The third kappa shape index (κ3) is 2.58. The molecule has 108 valence electrons. The summed E-state index contributed by atoms with van der Waals surface area (Å²) in [6.07, 6.45) is 5.77. The van der Waals surface area contributed by atoms with Crippen LogP contribution >= 0.6 is 11.6 Å². The van der Waals surface area contributed by atoms with Crippen molar-refractivity contribution in [3.05, 3.63) is 29.1 Å². The lowest BCUT2D eigenvalue weighted by atomic mass is 10.2. The molecule has 0 aliphatic carbocycles. The van der Waals surface area contributed by atoms with Crippen LogP contribution in [0.3, 0.4) is 0 Å². The molecule has 0 aromatic carbocycles. The van der Waals surface area contributed by atoms with Crippen molar-refractivity contribution in [1.82, 2.24) is 29.4 Å². The Hall–Kier alpha value is -1.40. The summed E-state index contributed by atoms with van der Waals surface area (Å²) >= 11 is 6.33. The first-order valence-electron chi connectivity index (χ1n) is 6.89. The lowest BCUT2D eigenvalue weighted by molar-refractivity contribution is 0.218. The molecule has 0 saturated carbocycles. The van der Waals surface area contributed by atoms with E-state index in [1.807, 2.05) is 18.7 Å². The molecule has 6 nitrogen and oxygen atoms in total. The van der Waals surface area contributed by atoms with Gasteiger partial charge in [-0.05, 0) is 26.3 Å². The molecule has 1 atom stereocenters. The average Bonchev–Trinajstić information content (AvgIpc) is 3.11. The number of hydrogen-bond acceptors (Lipinski definition) is 4. The minimum absolute atomic E-state index is 0.493. The first-order chi connectivity index (χ1) is 9.65. The van der Waals surface area contributed by atoms with Crippen LogP contribution in [0.1, 0.15) is 24.1 Å². The SMILES string of the molecule is Cc1nn(C)c(Cl)c1CN1CCC[C@@H]1Cn1cncn1. The molecule has 0 bridgehead atoms. The molecule has 2 aromatic heterocycles. The summed E-state index contributed by atoms with van der Waals surface area (Å²) in [6.45, 7) is 4.86. The highest BCUT2D eigenvalue weighted by Gasteiger charge is 2.27. The number of aromatic nitrogens is 5. The second kappa shape index (κ2) is 5.54. The molecule has 0 spiro atoms. The van der Waals surface area contributed by atoms with E-state index in [0.717, 1.165) is 36.0 Å². The van der Waals surface area contributed by atoms with Crippen LogP contribution in [0.5, 0.6) is 0 Å². The fourth-order valence-corrected chi connectivity index (χ4v) is 3.14. The topological polar surface area (TPSA) is 51.8 Å². The zero-order valence-corrected chi connectivity index (χ0v) is 12.6. The van der Waals surface area contributed by atoms with Crippen LogP contribution in [0.15, 0.2) is 12.7 Å². The molecule has 3 heterocycles. The Bertz CT molecular complexity index is 576. The summed E-state index contributed by atoms with van der Waals surface area (Å²) in [5, 5.41) is 9.33. The van der Waals surface area contributed by atoms with Gasteiger partial charge in [-0.1, -0.05) is 11.6 Å². The van der Waals surface area contributed by atoms with Gasteiger partial charge in [-0.2, -0.15) is 10.2 Å². The summed E-state index contributed by atoms with van der Waals surface area (Å²) < 4.78 is 3.65. The van der Waals surface area contributed by atoms with Crippen molar-refractivity contribution >= 4 is 11.6 Å². The Labute approximate surface area is 123 Å². The lowest BCUT2D eigenvalue weighted by Gasteiger charge is -2.24. The van der Waals surface area contributed by atoms with E-state index in [0.29, 0.717) is 6.04 Å². The van der Waals surface area contributed by atoms with Gasteiger partial charge in [0, 0.05) is 25.2 Å². The van der Waals surface area contributed by atoms with Gasteiger partial charge in [-0.3, -0.25) is 14.3 Å². The van der Waals surface area contributed by atoms with Gasteiger partial charge in [-0.15, -0.1) is 0 Å². The fourth-order valence-electron chi connectivity index (χ4n) is 2.91. The maximum atomic E-state index is 6.33. The first kappa shape index (κ1) is 13.6. The summed E-state index contributed by atoms with van der Waals surface area (Å²) in [7, 11) is 1.88. The van der Waals surface area contributed by atoms with Crippen LogP contribution in [0.2, 0.25) is 5.15 Å². The zero-order valence-electron chi connectivity index (χ0n) is 11.8. The van der Waals surface area contributed by atoms with E-state index in [1.165, 1.54) is 12.8 Å². The minimum atomic E-state index is 0.493. The van der Waals surface area contributed by atoms with E-state index >= 15 is 0 Å². The van der Waals surface area contributed by atoms with Crippen LogP contribution in [-0.2, 0) is 20.1 Å². The van der Waals surface area contributed by atoms with Crippen molar-refractivity contribution in [3.63, 3.8) is 0 Å². The van der Waals surface area contributed by atoms with Crippen molar-refractivity contribution in [3.8, 4) is 0 Å². The van der Waals surface area contributed by atoms with Crippen LogP contribution in [0.4, 0.5) is 0 Å². The Morgan fingerprint density at radius 3 is 2.95 bits per heavy atom. The van der Waals surface area contributed by atoms with Crippen LogP contribution < -0.4 is 0 Å². The highest BCUT2D eigenvalue weighted by atomic mass is 35.5. The maximum absolute atomic E-state index is 6.33. The Kier molecular flexibility index (Phi) is 3.76. The van der Waals surface area contributed by atoms with Gasteiger partial charge in [0.2, 0.25) is 0 Å². The summed E-state index contributed by atoms with van der Waals surface area (Å²) in [5.74, 6) is 0. The van der Waals surface area contributed by atoms with E-state index < -0.39 is 0 Å². The molecule has 0 N–H and O–H groups in total. The summed E-state index contributed by atoms with van der Waals surface area (Å²) in [6, 6.07) is 0.493. The Morgan fingerprint density at radius 2 is 2.30 bits per heavy atom. The van der Waals surface area contributed by atoms with Crippen LogP contribution in [0.25, 0.3) is 0 Å².